The van der Waals surface area contributed by atoms with E-state index in [1.54, 1.807) is 11.8 Å². The van der Waals surface area contributed by atoms with Crippen molar-refractivity contribution in [3.05, 3.63) is 47.0 Å². The van der Waals surface area contributed by atoms with Gasteiger partial charge in [-0.25, -0.2) is 0 Å². The van der Waals surface area contributed by atoms with E-state index < -0.39 is 0 Å². The van der Waals surface area contributed by atoms with E-state index in [4.69, 9.17) is 0 Å². The minimum absolute atomic E-state index is 0.126. The summed E-state index contributed by atoms with van der Waals surface area (Å²) in [5.41, 5.74) is 5.09. The molecule has 2 N–H and O–H groups in total. The zero-order chi connectivity index (χ0) is 19.7. The molecule has 0 radical (unpaired) electrons. The molecule has 2 nitrogen and oxygen atoms in total. The van der Waals surface area contributed by atoms with Crippen LogP contribution in [-0.4, -0.2) is 22.6 Å². The van der Waals surface area contributed by atoms with Crippen molar-refractivity contribution in [2.45, 2.75) is 64.2 Å². The summed E-state index contributed by atoms with van der Waals surface area (Å²) in [5.74, 6) is 1.07. The summed E-state index contributed by atoms with van der Waals surface area (Å²) in [4.78, 5) is 1.14. The first kappa shape index (κ1) is 20.9. The Kier molecular flexibility index (Phi) is 6.14. The van der Waals surface area contributed by atoms with E-state index in [0.29, 0.717) is 11.5 Å². The maximum absolute atomic E-state index is 11.2. The van der Waals surface area contributed by atoms with Crippen LogP contribution in [0.2, 0.25) is 0 Å². The lowest BCUT2D eigenvalue weighted by atomic mass is 9.74. The number of thioether (sulfide) groups is 1. The van der Waals surface area contributed by atoms with Gasteiger partial charge in [0.25, 0.3) is 0 Å². The fourth-order valence-electron chi connectivity index (χ4n) is 3.41. The maximum Gasteiger partial charge on any atom is 0.123 e. The molecule has 0 heterocycles. The number of aryl methyl sites for hydroxylation is 1. The highest BCUT2D eigenvalue weighted by atomic mass is 32.2. The van der Waals surface area contributed by atoms with Gasteiger partial charge in [-0.3, -0.25) is 0 Å². The fraction of sp³-hybridized carbons (Fsp3) is 0.478. The molecule has 26 heavy (non-hydrogen) atoms. The van der Waals surface area contributed by atoms with Crippen LogP contribution in [0.15, 0.2) is 35.2 Å². The van der Waals surface area contributed by atoms with Crippen molar-refractivity contribution in [2.24, 2.45) is 0 Å². The van der Waals surface area contributed by atoms with Crippen LogP contribution in [0.4, 0.5) is 0 Å². The minimum atomic E-state index is -0.194. The van der Waals surface area contributed by atoms with Gasteiger partial charge in [0.2, 0.25) is 0 Å². The van der Waals surface area contributed by atoms with Gasteiger partial charge >= 0.3 is 0 Å². The monoisotopic (exact) mass is 372 g/mol. The number of aromatic hydroxyl groups is 1. The first-order valence-electron chi connectivity index (χ1n) is 9.19. The van der Waals surface area contributed by atoms with Crippen LogP contribution in [-0.2, 0) is 10.8 Å². The molecule has 0 fully saturated rings. The van der Waals surface area contributed by atoms with Crippen LogP contribution in [0.1, 0.15) is 58.2 Å². The molecule has 3 heteroatoms. The number of hydrogen-bond donors (Lipinski definition) is 2. The van der Waals surface area contributed by atoms with E-state index in [1.807, 2.05) is 12.1 Å². The standard InChI is InChI=1S/C23H32O2S/c1-15-14-17(22(2,3)4)21(25)20(23(5,6)7)19(15)16-10-8-9-11-18(16)26-13-12-24/h8-11,14,24-25H,12-13H2,1-7H3. The SMILES string of the molecule is Cc1cc(C(C)(C)C)c(O)c(C(C)(C)C)c1-c1ccccc1SCCO. The Morgan fingerprint density at radius 1 is 0.962 bits per heavy atom. The number of aliphatic hydroxyl groups excluding tert-OH is 1. The summed E-state index contributed by atoms with van der Waals surface area (Å²) < 4.78 is 0. The fourth-order valence-corrected chi connectivity index (χ4v) is 4.22. The molecule has 2 aromatic carbocycles. The normalized spacial score (nSPS) is 12.5. The molecule has 0 spiro atoms. The van der Waals surface area contributed by atoms with Crippen LogP contribution >= 0.6 is 11.8 Å². The number of rotatable bonds is 4. The van der Waals surface area contributed by atoms with E-state index in [-0.39, 0.29) is 17.4 Å². The lowest BCUT2D eigenvalue weighted by Gasteiger charge is -2.31. The van der Waals surface area contributed by atoms with Gasteiger partial charge in [0, 0.05) is 16.2 Å². The highest BCUT2D eigenvalue weighted by Gasteiger charge is 2.30. The van der Waals surface area contributed by atoms with Gasteiger partial charge in [-0.1, -0.05) is 65.8 Å². The Balaban J connectivity index is 2.85. The molecule has 0 aliphatic rings. The molecule has 0 amide bonds. The summed E-state index contributed by atoms with van der Waals surface area (Å²) >= 11 is 1.65. The van der Waals surface area contributed by atoms with Crippen molar-refractivity contribution in [3.8, 4) is 16.9 Å². The number of hydrogen-bond acceptors (Lipinski definition) is 3. The van der Waals surface area contributed by atoms with Gasteiger partial charge in [-0.05, 0) is 46.1 Å². The zero-order valence-electron chi connectivity index (χ0n) is 17.1. The molecule has 0 atom stereocenters. The molecular weight excluding hydrogens is 340 g/mol. The summed E-state index contributed by atoms with van der Waals surface area (Å²) in [6.45, 7) is 15.2. The third-order valence-electron chi connectivity index (χ3n) is 4.56. The Morgan fingerprint density at radius 2 is 1.58 bits per heavy atom. The number of phenols is 1. The minimum Gasteiger partial charge on any atom is -0.507 e. The number of benzene rings is 2. The van der Waals surface area contributed by atoms with E-state index >= 15 is 0 Å². The van der Waals surface area contributed by atoms with E-state index in [1.165, 1.54) is 5.56 Å². The molecular formula is C23H32O2S. The highest BCUT2D eigenvalue weighted by Crippen LogP contribution is 2.47. The van der Waals surface area contributed by atoms with Crippen LogP contribution in [0.25, 0.3) is 11.1 Å². The third-order valence-corrected chi connectivity index (χ3v) is 5.61. The molecule has 0 saturated heterocycles. The lowest BCUT2D eigenvalue weighted by molar-refractivity contribution is 0.322. The molecule has 0 aromatic heterocycles. The molecule has 2 aromatic rings. The average Bonchev–Trinajstić information content (AvgIpc) is 2.52. The smallest absolute Gasteiger partial charge is 0.123 e. The molecule has 142 valence electrons. The van der Waals surface area contributed by atoms with Crippen LogP contribution in [0.5, 0.6) is 5.75 Å². The van der Waals surface area contributed by atoms with E-state index in [0.717, 1.165) is 27.1 Å². The van der Waals surface area contributed by atoms with E-state index in [2.05, 4.69) is 66.7 Å². The van der Waals surface area contributed by atoms with E-state index in [9.17, 15) is 10.2 Å². The lowest BCUT2D eigenvalue weighted by Crippen LogP contribution is -2.19. The predicted molar refractivity (Wildman–Crippen MR) is 113 cm³/mol. The Hall–Kier alpha value is -1.45. The third kappa shape index (κ3) is 4.27. The second-order valence-corrected chi connectivity index (χ2v) is 10.0. The summed E-state index contributed by atoms with van der Waals surface area (Å²) in [5, 5.41) is 20.5. The van der Waals surface area contributed by atoms with Gasteiger partial charge in [-0.2, -0.15) is 0 Å². The van der Waals surface area contributed by atoms with Gasteiger partial charge in [-0.15, -0.1) is 11.8 Å². The molecule has 2 rings (SSSR count). The van der Waals surface area contributed by atoms with Crippen molar-refractivity contribution in [2.75, 3.05) is 12.4 Å². The molecule has 0 saturated carbocycles. The molecule has 0 aliphatic carbocycles. The molecule has 0 bridgehead atoms. The maximum atomic E-state index is 11.2. The average molecular weight is 373 g/mol. The van der Waals surface area contributed by atoms with Crippen molar-refractivity contribution in [3.63, 3.8) is 0 Å². The molecule has 0 aliphatic heterocycles. The summed E-state index contributed by atoms with van der Waals surface area (Å²) in [6, 6.07) is 10.4. The summed E-state index contributed by atoms with van der Waals surface area (Å²) in [6.07, 6.45) is 0. The first-order chi connectivity index (χ1) is 12.0. The van der Waals surface area contributed by atoms with Crippen molar-refractivity contribution in [1.82, 2.24) is 0 Å². The Bertz CT molecular complexity index is 780. The van der Waals surface area contributed by atoms with Gasteiger partial charge in [0.15, 0.2) is 0 Å². The van der Waals surface area contributed by atoms with Crippen LogP contribution < -0.4 is 0 Å². The van der Waals surface area contributed by atoms with Crippen molar-refractivity contribution < 1.29 is 10.2 Å². The van der Waals surface area contributed by atoms with Crippen LogP contribution in [0.3, 0.4) is 0 Å². The molecule has 0 unspecified atom stereocenters. The van der Waals surface area contributed by atoms with Gasteiger partial charge in [0.05, 0.1) is 6.61 Å². The van der Waals surface area contributed by atoms with Crippen molar-refractivity contribution in [1.29, 1.82) is 0 Å². The predicted octanol–water partition coefficient (Wildman–Crippen LogP) is 6.05. The van der Waals surface area contributed by atoms with Crippen molar-refractivity contribution >= 4 is 11.8 Å². The second-order valence-electron chi connectivity index (χ2n) is 8.91. The zero-order valence-corrected chi connectivity index (χ0v) is 17.9. The number of phenolic OH excluding ortho intramolecular Hbond substituents is 1. The Morgan fingerprint density at radius 3 is 2.12 bits per heavy atom. The largest absolute Gasteiger partial charge is 0.507 e. The summed E-state index contributed by atoms with van der Waals surface area (Å²) in [7, 11) is 0. The number of aliphatic hydroxyl groups is 1. The quantitative estimate of drug-likeness (QED) is 0.642. The second kappa shape index (κ2) is 7.66. The van der Waals surface area contributed by atoms with Gasteiger partial charge in [0.1, 0.15) is 5.75 Å². The Labute approximate surface area is 162 Å². The first-order valence-corrected chi connectivity index (χ1v) is 10.2. The van der Waals surface area contributed by atoms with Crippen LogP contribution in [0, 0.1) is 6.92 Å². The van der Waals surface area contributed by atoms with Gasteiger partial charge < -0.3 is 10.2 Å². The highest BCUT2D eigenvalue weighted by molar-refractivity contribution is 7.99. The topological polar surface area (TPSA) is 40.5 Å².